The molecule has 0 aromatic heterocycles. The minimum absolute atomic E-state index is 0.0924. The second kappa shape index (κ2) is 9.17. The van der Waals surface area contributed by atoms with Crippen molar-refractivity contribution in [2.45, 2.75) is 6.42 Å². The van der Waals surface area contributed by atoms with Crippen molar-refractivity contribution in [1.29, 1.82) is 0 Å². The largest absolute Gasteiger partial charge is 0.497 e. The summed E-state index contributed by atoms with van der Waals surface area (Å²) in [7, 11) is 3.11. The van der Waals surface area contributed by atoms with Gasteiger partial charge in [0.05, 0.1) is 19.6 Å². The Kier molecular flexibility index (Phi) is 6.16. The van der Waals surface area contributed by atoms with Crippen LogP contribution in [0, 0.1) is 5.92 Å². The van der Waals surface area contributed by atoms with E-state index in [0.29, 0.717) is 41.8 Å². The van der Waals surface area contributed by atoms with Gasteiger partial charge in [0.2, 0.25) is 17.7 Å². The van der Waals surface area contributed by atoms with Gasteiger partial charge in [-0.1, -0.05) is 6.07 Å². The second-order valence-electron chi connectivity index (χ2n) is 7.71. The maximum Gasteiger partial charge on any atom is 0.243 e. The number of hydrogen-bond donors (Lipinski definition) is 1. The van der Waals surface area contributed by atoms with Crippen LogP contribution < -0.4 is 24.4 Å². The number of nitrogens with one attached hydrogen (secondary N) is 1. The van der Waals surface area contributed by atoms with Crippen LogP contribution in [0.15, 0.2) is 42.5 Å². The Balaban J connectivity index is 1.36. The molecule has 2 aromatic rings. The lowest BCUT2D eigenvalue weighted by Crippen LogP contribution is -2.39. The first-order valence-corrected chi connectivity index (χ1v) is 10.3. The topological polar surface area (TPSA) is 97.4 Å². The van der Waals surface area contributed by atoms with Crippen molar-refractivity contribution in [3.8, 4) is 17.2 Å². The van der Waals surface area contributed by atoms with Gasteiger partial charge in [-0.2, -0.15) is 0 Å². The number of benzene rings is 2. The van der Waals surface area contributed by atoms with E-state index in [-0.39, 0.29) is 37.2 Å². The maximum absolute atomic E-state index is 12.9. The molecule has 9 nitrogen and oxygen atoms in total. The van der Waals surface area contributed by atoms with Gasteiger partial charge < -0.3 is 29.3 Å². The number of nitrogens with zero attached hydrogens (tertiary/aromatic N) is 2. The van der Waals surface area contributed by atoms with E-state index in [0.717, 1.165) is 0 Å². The van der Waals surface area contributed by atoms with Crippen LogP contribution in [0.1, 0.15) is 6.42 Å². The third kappa shape index (κ3) is 4.61. The van der Waals surface area contributed by atoms with Crippen LogP contribution in [-0.2, 0) is 14.4 Å². The summed E-state index contributed by atoms with van der Waals surface area (Å²) >= 11 is 0. The van der Waals surface area contributed by atoms with Crippen LogP contribution in [0.3, 0.4) is 0 Å². The van der Waals surface area contributed by atoms with E-state index in [9.17, 15) is 14.4 Å². The number of fused-ring (bicyclic) bond motifs is 1. The zero-order valence-corrected chi connectivity index (χ0v) is 18.0. The van der Waals surface area contributed by atoms with E-state index in [2.05, 4.69) is 5.32 Å². The summed E-state index contributed by atoms with van der Waals surface area (Å²) in [6.45, 7) is 1.07. The molecule has 2 heterocycles. The predicted molar refractivity (Wildman–Crippen MR) is 117 cm³/mol. The fraction of sp³-hybridized carbons (Fsp3) is 0.348. The molecule has 1 fully saturated rings. The quantitative estimate of drug-likeness (QED) is 0.739. The van der Waals surface area contributed by atoms with E-state index < -0.39 is 5.92 Å². The highest BCUT2D eigenvalue weighted by Crippen LogP contribution is 2.36. The summed E-state index contributed by atoms with van der Waals surface area (Å²) in [5.41, 5.74) is 1.24. The summed E-state index contributed by atoms with van der Waals surface area (Å²) in [5.74, 6) is 0.598. The number of methoxy groups -OCH3 is 1. The van der Waals surface area contributed by atoms with E-state index >= 15 is 0 Å². The minimum Gasteiger partial charge on any atom is -0.497 e. The molecule has 32 heavy (non-hydrogen) atoms. The standard InChI is InChI=1S/C23H25N3O6/c1-25(14-21(27)24-16-4-3-5-18(11-16)30-2)23(29)15-10-22(28)26(13-15)17-6-7-19-20(12-17)32-9-8-31-19/h3-7,11-12,15H,8-10,13-14H2,1-2H3,(H,24,27)/t15-/m1/s1. The minimum atomic E-state index is -0.523. The third-order valence-corrected chi connectivity index (χ3v) is 5.42. The fourth-order valence-corrected chi connectivity index (χ4v) is 3.83. The molecule has 168 valence electrons. The molecule has 3 amide bonds. The second-order valence-corrected chi connectivity index (χ2v) is 7.71. The van der Waals surface area contributed by atoms with E-state index in [1.54, 1.807) is 61.5 Å². The Morgan fingerprint density at radius 3 is 2.72 bits per heavy atom. The molecule has 2 aliphatic heterocycles. The lowest BCUT2D eigenvalue weighted by molar-refractivity contribution is -0.137. The summed E-state index contributed by atoms with van der Waals surface area (Å²) < 4.78 is 16.2. The number of hydrogen-bond acceptors (Lipinski definition) is 6. The Hall–Kier alpha value is -3.75. The molecule has 2 aromatic carbocycles. The molecule has 1 atom stereocenters. The van der Waals surface area contributed by atoms with Crippen molar-refractivity contribution in [2.75, 3.05) is 50.7 Å². The number of carbonyl (C=O) groups is 3. The Morgan fingerprint density at radius 2 is 1.94 bits per heavy atom. The number of likely N-dealkylation sites (N-methyl/N-ethyl adjacent to an activating group) is 1. The Bertz CT molecular complexity index is 1040. The Labute approximate surface area is 185 Å². The van der Waals surface area contributed by atoms with E-state index in [1.165, 1.54) is 4.90 Å². The van der Waals surface area contributed by atoms with Gasteiger partial charge in [0, 0.05) is 43.5 Å². The van der Waals surface area contributed by atoms with Gasteiger partial charge in [0.25, 0.3) is 0 Å². The summed E-state index contributed by atoms with van der Waals surface area (Å²) in [4.78, 5) is 40.8. The van der Waals surface area contributed by atoms with Crippen molar-refractivity contribution >= 4 is 29.1 Å². The molecule has 9 heteroatoms. The van der Waals surface area contributed by atoms with Gasteiger partial charge in [-0.05, 0) is 24.3 Å². The average Bonchev–Trinajstić information content (AvgIpc) is 3.19. The van der Waals surface area contributed by atoms with Gasteiger partial charge in [0.1, 0.15) is 19.0 Å². The van der Waals surface area contributed by atoms with Crippen molar-refractivity contribution < 1.29 is 28.6 Å². The van der Waals surface area contributed by atoms with Gasteiger partial charge in [-0.15, -0.1) is 0 Å². The molecule has 4 rings (SSSR count). The van der Waals surface area contributed by atoms with Crippen molar-refractivity contribution in [3.05, 3.63) is 42.5 Å². The zero-order valence-electron chi connectivity index (χ0n) is 18.0. The Morgan fingerprint density at radius 1 is 1.16 bits per heavy atom. The molecular formula is C23H25N3O6. The fourth-order valence-electron chi connectivity index (χ4n) is 3.83. The molecule has 0 bridgehead atoms. The van der Waals surface area contributed by atoms with Crippen LogP contribution in [0.2, 0.25) is 0 Å². The van der Waals surface area contributed by atoms with Crippen LogP contribution in [-0.4, -0.2) is 63.1 Å². The molecule has 2 aliphatic rings. The highest BCUT2D eigenvalue weighted by atomic mass is 16.6. The van der Waals surface area contributed by atoms with Crippen LogP contribution >= 0.6 is 0 Å². The first-order chi connectivity index (χ1) is 15.4. The predicted octanol–water partition coefficient (Wildman–Crippen LogP) is 1.92. The van der Waals surface area contributed by atoms with Gasteiger partial charge >= 0.3 is 0 Å². The average molecular weight is 439 g/mol. The van der Waals surface area contributed by atoms with Crippen molar-refractivity contribution in [1.82, 2.24) is 4.90 Å². The molecule has 1 N–H and O–H groups in total. The molecule has 0 unspecified atom stereocenters. The van der Waals surface area contributed by atoms with Crippen molar-refractivity contribution in [3.63, 3.8) is 0 Å². The lowest BCUT2D eigenvalue weighted by atomic mass is 10.1. The molecule has 0 radical (unpaired) electrons. The van der Waals surface area contributed by atoms with Crippen LogP contribution in [0.4, 0.5) is 11.4 Å². The molecule has 0 aliphatic carbocycles. The third-order valence-electron chi connectivity index (χ3n) is 5.42. The number of anilines is 2. The highest BCUT2D eigenvalue weighted by Gasteiger charge is 2.37. The summed E-state index contributed by atoms with van der Waals surface area (Å²) in [6.07, 6.45) is 0.0924. The number of rotatable bonds is 6. The summed E-state index contributed by atoms with van der Waals surface area (Å²) in [6, 6.07) is 12.3. The van der Waals surface area contributed by atoms with Gasteiger partial charge in [-0.25, -0.2) is 0 Å². The molecular weight excluding hydrogens is 414 g/mol. The molecule has 0 saturated carbocycles. The van der Waals surface area contributed by atoms with Crippen LogP contribution in [0.5, 0.6) is 17.2 Å². The molecule has 1 saturated heterocycles. The van der Waals surface area contributed by atoms with Crippen molar-refractivity contribution in [2.24, 2.45) is 5.92 Å². The van der Waals surface area contributed by atoms with Crippen LogP contribution in [0.25, 0.3) is 0 Å². The zero-order chi connectivity index (χ0) is 22.7. The first kappa shape index (κ1) is 21.5. The number of ether oxygens (including phenoxy) is 3. The lowest BCUT2D eigenvalue weighted by Gasteiger charge is -2.23. The number of amides is 3. The van der Waals surface area contributed by atoms with E-state index in [1.807, 2.05) is 0 Å². The normalized spacial score (nSPS) is 17.1. The maximum atomic E-state index is 12.9. The monoisotopic (exact) mass is 439 g/mol. The smallest absolute Gasteiger partial charge is 0.243 e. The summed E-state index contributed by atoms with van der Waals surface area (Å²) in [5, 5.41) is 2.75. The SMILES string of the molecule is COc1cccc(NC(=O)CN(C)C(=O)[C@@H]2CC(=O)N(c3ccc4c(c3)OCCO4)C2)c1. The number of carbonyl (C=O) groups excluding carboxylic acids is 3. The van der Waals surface area contributed by atoms with E-state index in [4.69, 9.17) is 14.2 Å². The first-order valence-electron chi connectivity index (χ1n) is 10.3. The highest BCUT2D eigenvalue weighted by molar-refractivity contribution is 6.01. The molecule has 0 spiro atoms. The van der Waals surface area contributed by atoms with Gasteiger partial charge in [-0.3, -0.25) is 14.4 Å². The van der Waals surface area contributed by atoms with Gasteiger partial charge in [0.15, 0.2) is 11.5 Å².